The summed E-state index contributed by atoms with van der Waals surface area (Å²) in [4.78, 5) is 25.5. The lowest BCUT2D eigenvalue weighted by atomic mass is 10.2. The van der Waals surface area contributed by atoms with Crippen LogP contribution in [0.5, 0.6) is 0 Å². The van der Waals surface area contributed by atoms with Gasteiger partial charge in [-0.1, -0.05) is 6.07 Å². The molecule has 0 unspecified atom stereocenters. The molecule has 0 aliphatic heterocycles. The van der Waals surface area contributed by atoms with Crippen molar-refractivity contribution in [1.82, 2.24) is 4.90 Å². The zero-order valence-corrected chi connectivity index (χ0v) is 15.1. The molecule has 0 fully saturated rings. The molecule has 0 spiro atoms. The molecule has 0 radical (unpaired) electrons. The molecule has 1 amide bonds. The van der Waals surface area contributed by atoms with Gasteiger partial charge >= 0.3 is 0 Å². The van der Waals surface area contributed by atoms with E-state index >= 15 is 0 Å². The first kappa shape index (κ1) is 17.6. The number of amides is 1. The number of hydrogen-bond acceptors (Lipinski definition) is 5. The van der Waals surface area contributed by atoms with Gasteiger partial charge in [0.25, 0.3) is 5.69 Å². The molecule has 0 aliphatic carbocycles. The number of rotatable bonds is 6. The predicted octanol–water partition coefficient (Wildman–Crippen LogP) is 3.80. The summed E-state index contributed by atoms with van der Waals surface area (Å²) in [6.07, 6.45) is 0. The average molecular weight is 398 g/mol. The number of carbonyl (C=O) groups is 1. The van der Waals surface area contributed by atoms with Crippen LogP contribution < -0.4 is 5.32 Å². The van der Waals surface area contributed by atoms with Crippen molar-refractivity contribution in [2.45, 2.75) is 13.5 Å². The summed E-state index contributed by atoms with van der Waals surface area (Å²) in [5.41, 5.74) is 1.22. The third-order valence-electron chi connectivity index (χ3n) is 3.17. The number of hydrogen-bond donors (Lipinski definition) is 1. The van der Waals surface area contributed by atoms with Crippen LogP contribution in [0, 0.1) is 17.0 Å². The van der Waals surface area contributed by atoms with Crippen LogP contribution in [0.3, 0.4) is 0 Å². The Hall–Kier alpha value is -1.77. The van der Waals surface area contributed by atoms with E-state index < -0.39 is 4.92 Å². The molecule has 0 atom stereocenters. The van der Waals surface area contributed by atoms with E-state index in [1.165, 1.54) is 12.1 Å². The topological polar surface area (TPSA) is 75.5 Å². The highest BCUT2D eigenvalue weighted by Crippen LogP contribution is 2.22. The van der Waals surface area contributed by atoms with E-state index in [0.717, 1.165) is 14.9 Å². The average Bonchev–Trinajstić information content (AvgIpc) is 2.85. The third kappa shape index (κ3) is 5.12. The van der Waals surface area contributed by atoms with Crippen LogP contribution in [0.25, 0.3) is 0 Å². The normalized spacial score (nSPS) is 10.8. The Morgan fingerprint density at radius 3 is 2.78 bits per heavy atom. The highest BCUT2D eigenvalue weighted by molar-refractivity contribution is 9.10. The van der Waals surface area contributed by atoms with Crippen molar-refractivity contribution in [3.05, 3.63) is 54.7 Å². The number of likely N-dealkylation sites (N-methyl/N-ethyl adjacent to an activating group) is 1. The van der Waals surface area contributed by atoms with Gasteiger partial charge in [0.05, 0.1) is 17.2 Å². The molecule has 1 aromatic heterocycles. The van der Waals surface area contributed by atoms with Crippen molar-refractivity contribution in [2.24, 2.45) is 0 Å². The van der Waals surface area contributed by atoms with Gasteiger partial charge in [-0.2, -0.15) is 0 Å². The summed E-state index contributed by atoms with van der Waals surface area (Å²) in [5, 5.41) is 15.5. The molecule has 0 bridgehead atoms. The number of thiophene rings is 1. The number of benzene rings is 1. The van der Waals surface area contributed by atoms with Crippen LogP contribution in [-0.2, 0) is 11.3 Å². The molecular formula is C15H16BrN3O3S. The van der Waals surface area contributed by atoms with Gasteiger partial charge in [0.1, 0.15) is 0 Å². The number of halogens is 1. The first-order chi connectivity index (χ1) is 10.8. The van der Waals surface area contributed by atoms with E-state index in [2.05, 4.69) is 21.2 Å². The van der Waals surface area contributed by atoms with Gasteiger partial charge in [0, 0.05) is 33.4 Å². The molecule has 0 aliphatic rings. The number of nitro benzene ring substituents is 1. The maximum Gasteiger partial charge on any atom is 0.271 e. The van der Waals surface area contributed by atoms with Crippen molar-refractivity contribution in [1.29, 1.82) is 0 Å². The number of aryl methyl sites for hydroxylation is 1. The number of non-ortho nitro benzene ring substituents is 1. The Bertz CT molecular complexity index is 733. The number of nitrogens with one attached hydrogen (secondary N) is 1. The second-order valence-electron chi connectivity index (χ2n) is 5.21. The Morgan fingerprint density at radius 1 is 1.43 bits per heavy atom. The van der Waals surface area contributed by atoms with Crippen molar-refractivity contribution in [2.75, 3.05) is 18.9 Å². The molecule has 1 N–H and O–H groups in total. The first-order valence-corrected chi connectivity index (χ1v) is 8.49. The number of nitrogens with zero attached hydrogens (tertiary/aromatic N) is 2. The van der Waals surface area contributed by atoms with Gasteiger partial charge in [-0.15, -0.1) is 11.3 Å². The molecule has 23 heavy (non-hydrogen) atoms. The molecule has 1 aromatic carbocycles. The number of carbonyl (C=O) groups excluding carboxylic acids is 1. The summed E-state index contributed by atoms with van der Waals surface area (Å²) in [7, 11) is 1.85. The molecular weight excluding hydrogens is 382 g/mol. The minimum absolute atomic E-state index is 0.0392. The van der Waals surface area contributed by atoms with E-state index in [1.807, 2.05) is 23.4 Å². The Morgan fingerprint density at radius 2 is 2.17 bits per heavy atom. The Labute approximate surface area is 146 Å². The minimum Gasteiger partial charge on any atom is -0.324 e. The molecule has 6 nitrogen and oxygen atoms in total. The zero-order valence-electron chi connectivity index (χ0n) is 12.7. The van der Waals surface area contributed by atoms with Gasteiger partial charge in [-0.25, -0.2) is 0 Å². The molecule has 122 valence electrons. The molecule has 0 saturated heterocycles. The summed E-state index contributed by atoms with van der Waals surface area (Å²) in [6.45, 7) is 2.67. The van der Waals surface area contributed by atoms with Crippen LogP contribution >= 0.6 is 27.3 Å². The summed E-state index contributed by atoms with van der Waals surface area (Å²) in [6, 6.07) is 6.44. The summed E-state index contributed by atoms with van der Waals surface area (Å²) < 4.78 is 1.03. The summed E-state index contributed by atoms with van der Waals surface area (Å²) >= 11 is 5.02. The fourth-order valence-corrected chi connectivity index (χ4v) is 3.58. The van der Waals surface area contributed by atoms with E-state index in [4.69, 9.17) is 0 Å². The molecule has 1 heterocycles. The standard InChI is InChI=1S/C15H16BrN3O3S/c1-10-3-4-12(19(21)22)6-14(10)17-15(20)8-18(2)7-13-5-11(16)9-23-13/h3-6,9H,7-8H2,1-2H3,(H,17,20). The fourth-order valence-electron chi connectivity index (χ4n) is 2.05. The monoisotopic (exact) mass is 397 g/mol. The van der Waals surface area contributed by atoms with Crippen molar-refractivity contribution >= 4 is 44.5 Å². The fraction of sp³-hybridized carbons (Fsp3) is 0.267. The maximum atomic E-state index is 12.1. The van der Waals surface area contributed by atoms with E-state index in [1.54, 1.807) is 24.3 Å². The number of anilines is 1. The molecule has 2 rings (SSSR count). The quantitative estimate of drug-likeness (QED) is 0.593. The van der Waals surface area contributed by atoms with Gasteiger partial charge < -0.3 is 5.32 Å². The van der Waals surface area contributed by atoms with E-state index in [0.29, 0.717) is 12.2 Å². The van der Waals surface area contributed by atoms with Crippen LogP contribution in [0.2, 0.25) is 0 Å². The van der Waals surface area contributed by atoms with Gasteiger partial charge in [-0.05, 0) is 41.5 Å². The molecule has 2 aromatic rings. The minimum atomic E-state index is -0.476. The van der Waals surface area contributed by atoms with E-state index in [9.17, 15) is 14.9 Å². The molecule has 8 heteroatoms. The highest BCUT2D eigenvalue weighted by atomic mass is 79.9. The lowest BCUT2D eigenvalue weighted by Crippen LogP contribution is -2.29. The lowest BCUT2D eigenvalue weighted by Gasteiger charge is -2.16. The summed E-state index contributed by atoms with van der Waals surface area (Å²) in [5.74, 6) is -0.202. The van der Waals surface area contributed by atoms with Gasteiger partial charge in [0.2, 0.25) is 5.91 Å². The second-order valence-corrected chi connectivity index (χ2v) is 7.12. The predicted molar refractivity (Wildman–Crippen MR) is 94.8 cm³/mol. The van der Waals surface area contributed by atoms with Crippen LogP contribution in [0.1, 0.15) is 10.4 Å². The second kappa shape index (κ2) is 7.67. The third-order valence-corrected chi connectivity index (χ3v) is 4.85. The zero-order chi connectivity index (χ0) is 17.0. The van der Waals surface area contributed by atoms with E-state index in [-0.39, 0.29) is 18.1 Å². The van der Waals surface area contributed by atoms with Gasteiger partial charge in [0.15, 0.2) is 0 Å². The highest BCUT2D eigenvalue weighted by Gasteiger charge is 2.13. The smallest absolute Gasteiger partial charge is 0.271 e. The van der Waals surface area contributed by atoms with Crippen LogP contribution in [0.4, 0.5) is 11.4 Å². The largest absolute Gasteiger partial charge is 0.324 e. The van der Waals surface area contributed by atoms with Crippen molar-refractivity contribution in [3.8, 4) is 0 Å². The Kier molecular flexibility index (Phi) is 5.86. The molecule has 0 saturated carbocycles. The van der Waals surface area contributed by atoms with Crippen LogP contribution in [-0.4, -0.2) is 29.3 Å². The van der Waals surface area contributed by atoms with Crippen LogP contribution in [0.15, 0.2) is 34.1 Å². The Balaban J connectivity index is 1.96. The van der Waals surface area contributed by atoms with Gasteiger partial charge in [-0.3, -0.25) is 19.8 Å². The lowest BCUT2D eigenvalue weighted by molar-refractivity contribution is -0.384. The number of nitro groups is 1. The SMILES string of the molecule is Cc1ccc([N+](=O)[O-])cc1NC(=O)CN(C)Cc1cc(Br)cs1. The van der Waals surface area contributed by atoms with Crippen molar-refractivity contribution in [3.63, 3.8) is 0 Å². The first-order valence-electron chi connectivity index (χ1n) is 6.81. The maximum absolute atomic E-state index is 12.1. The van der Waals surface area contributed by atoms with Crippen molar-refractivity contribution < 1.29 is 9.72 Å².